The van der Waals surface area contributed by atoms with Crippen LogP contribution in [0.5, 0.6) is 23.0 Å². The fraction of sp³-hybridized carbons (Fsp3) is 0. The van der Waals surface area contributed by atoms with Crippen LogP contribution in [0.15, 0.2) is 219 Å². The minimum absolute atomic E-state index is 0.377. The molecule has 0 spiro atoms. The van der Waals surface area contributed by atoms with Crippen molar-refractivity contribution in [2.45, 2.75) is 0 Å². The van der Waals surface area contributed by atoms with Crippen LogP contribution in [-0.2, 0) is 0 Å². The Labute approximate surface area is 423 Å². The Bertz CT molecular complexity index is 3640. The number of aromatic nitrogens is 10. The molecule has 0 saturated heterocycles. The lowest BCUT2D eigenvalue weighted by atomic mass is 9.95. The number of nitrogens with zero attached hydrogens (tertiary/aromatic N) is 12. The van der Waals surface area contributed by atoms with Gasteiger partial charge in [0.05, 0.1) is 22.7 Å². The first-order chi connectivity index (χ1) is 36.7. The number of hydrogen-bond donors (Lipinski definition) is 0. The van der Waals surface area contributed by atoms with Crippen LogP contribution < -0.4 is 19.3 Å². The first-order valence-corrected chi connectivity index (χ1v) is 23.8. The van der Waals surface area contributed by atoms with Crippen molar-refractivity contribution >= 4 is 44.9 Å². The standard InChI is InChI=1S/C60H36N12O2/c1-5-25-51-47(21-1)71(48-22-2-6-26-52(48)73-51)37-33-39-40(41(35-37)55-65-57(43-17-9-13-29-61-43)69-58(66-55)44-18-10-14-30-62-44)34-38(72-49-23-3-7-27-53(49)74-54-28-8-4-24-50(54)72)36-42(39)56-67-59(45-19-11-15-31-63-45)70-60(68-56)46-20-12-16-32-64-46/h1-36H. The summed E-state index contributed by atoms with van der Waals surface area (Å²) in [5.41, 5.74) is 8.57. The topological polar surface area (TPSA) is 154 Å². The van der Waals surface area contributed by atoms with E-state index in [9.17, 15) is 0 Å². The van der Waals surface area contributed by atoms with Gasteiger partial charge in [0.1, 0.15) is 22.8 Å². The van der Waals surface area contributed by atoms with Gasteiger partial charge >= 0.3 is 0 Å². The summed E-state index contributed by atoms with van der Waals surface area (Å²) in [6.07, 6.45) is 6.91. The summed E-state index contributed by atoms with van der Waals surface area (Å²) in [5.74, 6) is 5.05. The highest BCUT2D eigenvalue weighted by Gasteiger charge is 2.31. The zero-order chi connectivity index (χ0) is 49.0. The number of para-hydroxylation sites is 8. The average Bonchev–Trinajstić information content (AvgIpc) is 3.48. The number of anilines is 6. The molecular formula is C60H36N12O2. The van der Waals surface area contributed by atoms with Crippen LogP contribution >= 0.6 is 0 Å². The molecule has 0 aliphatic carbocycles. The van der Waals surface area contributed by atoms with Crippen molar-refractivity contribution in [3.63, 3.8) is 0 Å². The van der Waals surface area contributed by atoms with Crippen LogP contribution in [-0.4, -0.2) is 49.8 Å². The molecule has 6 aromatic heterocycles. The Balaban J connectivity index is 1.14. The van der Waals surface area contributed by atoms with Crippen molar-refractivity contribution in [2.75, 3.05) is 9.80 Å². The summed E-state index contributed by atoms with van der Waals surface area (Å²) in [7, 11) is 0. The van der Waals surface area contributed by atoms with E-state index in [1.165, 1.54) is 0 Å². The Kier molecular flexibility index (Phi) is 10.1. The zero-order valence-electron chi connectivity index (χ0n) is 39.0. The minimum atomic E-state index is 0.377. The van der Waals surface area contributed by atoms with E-state index in [0.717, 1.165) is 44.9 Å². The molecule has 14 nitrogen and oxygen atoms in total. The molecule has 2 aliphatic heterocycles. The maximum Gasteiger partial charge on any atom is 0.182 e. The van der Waals surface area contributed by atoms with Crippen LogP contribution in [0.2, 0.25) is 0 Å². The lowest BCUT2D eigenvalue weighted by Crippen LogP contribution is -2.17. The van der Waals surface area contributed by atoms with Crippen molar-refractivity contribution in [1.82, 2.24) is 49.8 Å². The molecule has 0 saturated carbocycles. The van der Waals surface area contributed by atoms with E-state index < -0.39 is 0 Å². The molecule has 6 aromatic carbocycles. The molecule has 14 rings (SSSR count). The largest absolute Gasteiger partial charge is 0.453 e. The van der Waals surface area contributed by atoms with Crippen molar-refractivity contribution in [1.29, 1.82) is 0 Å². The van der Waals surface area contributed by atoms with Gasteiger partial charge in [-0.1, -0.05) is 72.8 Å². The highest BCUT2D eigenvalue weighted by molar-refractivity contribution is 6.09. The molecule has 0 N–H and O–H groups in total. The normalized spacial score (nSPS) is 12.2. The molecule has 12 aromatic rings. The van der Waals surface area contributed by atoms with Crippen molar-refractivity contribution < 1.29 is 9.47 Å². The lowest BCUT2D eigenvalue weighted by molar-refractivity contribution is 0.476. The van der Waals surface area contributed by atoms with E-state index in [1.807, 2.05) is 146 Å². The van der Waals surface area contributed by atoms with Gasteiger partial charge in [0.2, 0.25) is 0 Å². The van der Waals surface area contributed by atoms with E-state index in [1.54, 1.807) is 24.8 Å². The van der Waals surface area contributed by atoms with Crippen LogP contribution in [0.1, 0.15) is 0 Å². The van der Waals surface area contributed by atoms with Crippen LogP contribution in [0.25, 0.3) is 79.6 Å². The van der Waals surface area contributed by atoms with Gasteiger partial charge < -0.3 is 19.3 Å². The second-order valence-corrected chi connectivity index (χ2v) is 17.3. The van der Waals surface area contributed by atoms with Crippen LogP contribution in [0, 0.1) is 0 Å². The van der Waals surface area contributed by atoms with Gasteiger partial charge in [0.25, 0.3) is 0 Å². The Morgan fingerprint density at radius 1 is 0.270 bits per heavy atom. The van der Waals surface area contributed by atoms with E-state index >= 15 is 0 Å². The first kappa shape index (κ1) is 42.3. The van der Waals surface area contributed by atoms with E-state index in [-0.39, 0.29) is 0 Å². The lowest BCUT2D eigenvalue weighted by Gasteiger charge is -2.34. The van der Waals surface area contributed by atoms with Gasteiger partial charge in [-0.05, 0) is 132 Å². The molecule has 348 valence electrons. The number of hydrogen-bond acceptors (Lipinski definition) is 14. The number of benzene rings is 6. The average molecular weight is 957 g/mol. The van der Waals surface area contributed by atoms with Crippen molar-refractivity contribution in [3.05, 3.63) is 219 Å². The molecule has 0 radical (unpaired) electrons. The number of ether oxygens (including phenoxy) is 2. The quantitative estimate of drug-likeness (QED) is 0.142. The maximum absolute atomic E-state index is 6.56. The van der Waals surface area contributed by atoms with Gasteiger partial charge in [-0.2, -0.15) is 0 Å². The van der Waals surface area contributed by atoms with Gasteiger partial charge in [-0.3, -0.25) is 19.9 Å². The van der Waals surface area contributed by atoms with Gasteiger partial charge in [0, 0.05) is 47.3 Å². The molecule has 0 unspecified atom stereocenters. The summed E-state index contributed by atoms with van der Waals surface area (Å²) in [5, 5.41) is 1.56. The van der Waals surface area contributed by atoms with Gasteiger partial charge in [0.15, 0.2) is 57.9 Å². The minimum Gasteiger partial charge on any atom is -0.453 e. The Morgan fingerprint density at radius 2 is 0.541 bits per heavy atom. The molecule has 2 aliphatic rings. The fourth-order valence-corrected chi connectivity index (χ4v) is 9.46. The van der Waals surface area contributed by atoms with Gasteiger partial charge in [-0.25, -0.2) is 29.9 Å². The first-order valence-electron chi connectivity index (χ1n) is 23.8. The van der Waals surface area contributed by atoms with Gasteiger partial charge in [-0.15, -0.1) is 0 Å². The van der Waals surface area contributed by atoms with Crippen LogP contribution in [0.4, 0.5) is 34.1 Å². The molecule has 8 heterocycles. The van der Waals surface area contributed by atoms with E-state index in [0.29, 0.717) is 91.8 Å². The molecule has 74 heavy (non-hydrogen) atoms. The summed E-state index contributed by atoms with van der Waals surface area (Å²) in [6, 6.07) is 63.3. The Morgan fingerprint density at radius 3 is 0.824 bits per heavy atom. The third-order valence-corrected chi connectivity index (χ3v) is 12.7. The fourth-order valence-electron chi connectivity index (χ4n) is 9.46. The van der Waals surface area contributed by atoms with E-state index in [2.05, 4.69) is 58.3 Å². The number of fused-ring (bicyclic) bond motifs is 5. The predicted octanol–water partition coefficient (Wildman–Crippen LogP) is 13.9. The third-order valence-electron chi connectivity index (χ3n) is 12.7. The molecular weight excluding hydrogens is 921 g/mol. The summed E-state index contributed by atoms with van der Waals surface area (Å²) >= 11 is 0. The predicted molar refractivity (Wildman–Crippen MR) is 284 cm³/mol. The molecule has 14 heteroatoms. The van der Waals surface area contributed by atoms with Crippen molar-refractivity contribution in [3.8, 4) is 91.8 Å². The van der Waals surface area contributed by atoms with Crippen LogP contribution in [0.3, 0.4) is 0 Å². The van der Waals surface area contributed by atoms with E-state index in [4.69, 9.17) is 59.3 Å². The summed E-state index contributed by atoms with van der Waals surface area (Å²) in [6.45, 7) is 0. The second-order valence-electron chi connectivity index (χ2n) is 17.3. The highest BCUT2D eigenvalue weighted by atomic mass is 16.5. The molecule has 0 amide bonds. The number of pyridine rings is 4. The summed E-state index contributed by atoms with van der Waals surface area (Å²) < 4.78 is 13.1. The Hall–Kier alpha value is -10.6. The SMILES string of the molecule is c1ccc(-c2nc(-c3ccccn3)nc(-c3cc(N4c5ccccc5Oc5ccccc54)cc4c(-c5nc(-c6ccccn6)nc(-c6ccccn6)n5)cc(N5c6ccccc6Oc6ccccc65)cc34)n2)nc1. The third kappa shape index (κ3) is 7.45. The second kappa shape index (κ2) is 17.7. The highest BCUT2D eigenvalue weighted by Crippen LogP contribution is 2.54. The summed E-state index contributed by atoms with van der Waals surface area (Å²) in [4.78, 5) is 54.5. The molecule has 0 atom stereocenters. The number of rotatable bonds is 8. The monoisotopic (exact) mass is 956 g/mol. The zero-order valence-corrected chi connectivity index (χ0v) is 39.0. The van der Waals surface area contributed by atoms with Crippen molar-refractivity contribution in [2.24, 2.45) is 0 Å². The maximum atomic E-state index is 6.56. The molecule has 0 fully saturated rings. The smallest absolute Gasteiger partial charge is 0.182 e. The molecule has 0 bridgehead atoms.